The number of benzene rings is 2. The van der Waals surface area contributed by atoms with Gasteiger partial charge in [-0.05, 0) is 45.0 Å². The Bertz CT molecular complexity index is 1380. The van der Waals surface area contributed by atoms with Gasteiger partial charge in [-0.1, -0.05) is 12.1 Å². The number of carbonyl (C=O) groups excluding carboxylic acids is 3. The number of nitro groups is 1. The Morgan fingerprint density at radius 2 is 1.58 bits per heavy atom. The van der Waals surface area contributed by atoms with Gasteiger partial charge < -0.3 is 14.8 Å². The molecule has 0 unspecified atom stereocenters. The first-order valence-corrected chi connectivity index (χ1v) is 10.8. The van der Waals surface area contributed by atoms with Crippen LogP contribution >= 0.6 is 0 Å². The molecule has 0 aliphatic carbocycles. The number of ether oxygens (including phenoxy) is 2. The molecule has 36 heavy (non-hydrogen) atoms. The smallest absolute Gasteiger partial charge is 0.338 e. The fraction of sp³-hybridized carbons (Fsp3) is 0.208. The van der Waals surface area contributed by atoms with Gasteiger partial charge in [0.1, 0.15) is 5.69 Å². The number of nitrogens with one attached hydrogen (secondary N) is 1. The van der Waals surface area contributed by atoms with E-state index in [1.54, 1.807) is 19.9 Å². The van der Waals surface area contributed by atoms with Crippen molar-refractivity contribution in [2.24, 2.45) is 0 Å². The van der Waals surface area contributed by atoms with Crippen LogP contribution in [0.4, 0.5) is 11.4 Å². The lowest BCUT2D eigenvalue weighted by Gasteiger charge is -2.13. The summed E-state index contributed by atoms with van der Waals surface area (Å²) in [6.07, 6.45) is 0. The average Bonchev–Trinajstić information content (AvgIpc) is 2.84. The highest BCUT2D eigenvalue weighted by atomic mass is 16.6. The summed E-state index contributed by atoms with van der Waals surface area (Å²) in [7, 11) is 0. The summed E-state index contributed by atoms with van der Waals surface area (Å²) < 4.78 is 11.1. The molecule has 12 nitrogen and oxygen atoms in total. The van der Waals surface area contributed by atoms with E-state index in [0.717, 1.165) is 10.7 Å². The molecule has 1 N–H and O–H groups in total. The van der Waals surface area contributed by atoms with Crippen molar-refractivity contribution in [1.82, 2.24) is 9.78 Å². The summed E-state index contributed by atoms with van der Waals surface area (Å²) in [5, 5.41) is 18.0. The average molecular weight is 494 g/mol. The molecule has 1 heterocycles. The number of aryl methyl sites for hydroxylation is 1. The molecule has 0 bridgehead atoms. The fourth-order valence-corrected chi connectivity index (χ4v) is 3.30. The van der Waals surface area contributed by atoms with Gasteiger partial charge in [0, 0.05) is 23.5 Å². The zero-order chi connectivity index (χ0) is 26.4. The topological polar surface area (TPSA) is 160 Å². The third kappa shape index (κ3) is 5.60. The Hall–Kier alpha value is -4.87. The van der Waals surface area contributed by atoms with E-state index in [-0.39, 0.29) is 47.1 Å². The molecule has 3 rings (SSSR count). The van der Waals surface area contributed by atoms with Gasteiger partial charge >= 0.3 is 11.9 Å². The van der Waals surface area contributed by atoms with Crippen molar-refractivity contribution in [2.45, 2.75) is 20.8 Å². The van der Waals surface area contributed by atoms with Crippen LogP contribution in [0.15, 0.2) is 53.3 Å². The highest BCUT2D eigenvalue weighted by molar-refractivity contribution is 6.05. The molecule has 0 spiro atoms. The monoisotopic (exact) mass is 494 g/mol. The quantitative estimate of drug-likeness (QED) is 0.282. The summed E-state index contributed by atoms with van der Waals surface area (Å²) in [4.78, 5) is 60.9. The first-order valence-electron chi connectivity index (χ1n) is 10.8. The maximum Gasteiger partial charge on any atom is 0.338 e. The van der Waals surface area contributed by atoms with Gasteiger partial charge in [-0.15, -0.1) is 0 Å². The van der Waals surface area contributed by atoms with Crippen LogP contribution in [-0.4, -0.2) is 45.8 Å². The first-order chi connectivity index (χ1) is 17.2. The van der Waals surface area contributed by atoms with Gasteiger partial charge in [0.15, 0.2) is 5.69 Å². The van der Waals surface area contributed by atoms with E-state index in [1.165, 1.54) is 43.3 Å². The van der Waals surface area contributed by atoms with Crippen LogP contribution in [-0.2, 0) is 9.47 Å². The number of hydrogen-bond acceptors (Lipinski definition) is 9. The molecular formula is C24H22N4O8. The molecule has 3 aromatic rings. The molecule has 0 atom stereocenters. The summed E-state index contributed by atoms with van der Waals surface area (Å²) in [6, 6.07) is 10.7. The highest BCUT2D eigenvalue weighted by Crippen LogP contribution is 2.23. The number of carbonyl (C=O) groups is 3. The minimum Gasteiger partial charge on any atom is -0.462 e. The highest BCUT2D eigenvalue weighted by Gasteiger charge is 2.21. The zero-order valence-electron chi connectivity index (χ0n) is 19.6. The second kappa shape index (κ2) is 11.0. The maximum absolute atomic E-state index is 13.0. The predicted molar refractivity (Wildman–Crippen MR) is 128 cm³/mol. The normalized spacial score (nSPS) is 10.4. The molecule has 0 aliphatic heterocycles. The van der Waals surface area contributed by atoms with Crippen molar-refractivity contribution in [3.05, 3.63) is 91.4 Å². The van der Waals surface area contributed by atoms with Crippen LogP contribution in [0.3, 0.4) is 0 Å². The van der Waals surface area contributed by atoms with E-state index in [0.29, 0.717) is 0 Å². The Morgan fingerprint density at radius 1 is 1.00 bits per heavy atom. The van der Waals surface area contributed by atoms with Gasteiger partial charge in [-0.25, -0.2) is 14.3 Å². The van der Waals surface area contributed by atoms with Crippen molar-refractivity contribution >= 4 is 29.2 Å². The van der Waals surface area contributed by atoms with E-state index in [1.807, 2.05) is 0 Å². The number of esters is 2. The van der Waals surface area contributed by atoms with Crippen molar-refractivity contribution in [1.29, 1.82) is 0 Å². The van der Waals surface area contributed by atoms with Gasteiger partial charge in [-0.2, -0.15) is 5.10 Å². The maximum atomic E-state index is 13.0. The minimum absolute atomic E-state index is 0.00706. The lowest BCUT2D eigenvalue weighted by molar-refractivity contribution is -0.384. The second-order valence-corrected chi connectivity index (χ2v) is 7.35. The molecule has 1 aromatic heterocycles. The molecule has 2 aromatic carbocycles. The van der Waals surface area contributed by atoms with Crippen LogP contribution in [0.2, 0.25) is 0 Å². The van der Waals surface area contributed by atoms with Crippen molar-refractivity contribution in [3.63, 3.8) is 0 Å². The van der Waals surface area contributed by atoms with Crippen LogP contribution in [0.1, 0.15) is 50.7 Å². The number of nitro benzene ring substituents is 1. The summed E-state index contributed by atoms with van der Waals surface area (Å²) >= 11 is 0. The van der Waals surface area contributed by atoms with Crippen LogP contribution in [0.25, 0.3) is 5.69 Å². The predicted octanol–water partition coefficient (Wildman–Crippen LogP) is 3.05. The third-order valence-electron chi connectivity index (χ3n) is 4.84. The number of aromatic nitrogens is 2. The lowest BCUT2D eigenvalue weighted by Crippen LogP contribution is -2.27. The summed E-state index contributed by atoms with van der Waals surface area (Å²) in [6.45, 7) is 4.91. The lowest BCUT2D eigenvalue weighted by atomic mass is 10.1. The molecule has 0 radical (unpaired) electrons. The molecule has 0 saturated carbocycles. The van der Waals surface area contributed by atoms with E-state index < -0.39 is 33.9 Å². The van der Waals surface area contributed by atoms with Crippen molar-refractivity contribution in [2.75, 3.05) is 18.5 Å². The standard InChI is InChI=1S/C24H22N4O8/c1-4-35-23(31)15-11-16(24(32)36-5-2)13-17(12-15)25-22(30)21-20(29)10-14(3)27(26-21)18-8-6-7-9-19(18)28(33)34/h6-13H,4-5H2,1-3H3,(H,25,30). The van der Waals surface area contributed by atoms with Crippen molar-refractivity contribution < 1.29 is 28.8 Å². The molecule has 12 heteroatoms. The van der Waals surface area contributed by atoms with E-state index in [2.05, 4.69) is 10.4 Å². The Labute approximate surface area is 204 Å². The van der Waals surface area contributed by atoms with E-state index >= 15 is 0 Å². The van der Waals surface area contributed by atoms with Crippen LogP contribution in [0, 0.1) is 17.0 Å². The van der Waals surface area contributed by atoms with Gasteiger partial charge in [0.05, 0.1) is 29.3 Å². The number of anilines is 1. The molecule has 0 aliphatic rings. The summed E-state index contributed by atoms with van der Waals surface area (Å²) in [5.74, 6) is -2.42. The number of hydrogen-bond donors (Lipinski definition) is 1. The molecule has 0 fully saturated rings. The van der Waals surface area contributed by atoms with Gasteiger partial charge in [0.2, 0.25) is 5.43 Å². The largest absolute Gasteiger partial charge is 0.462 e. The minimum atomic E-state index is -0.955. The van der Waals surface area contributed by atoms with E-state index in [9.17, 15) is 29.3 Å². The SMILES string of the molecule is CCOC(=O)c1cc(NC(=O)c2nn(-c3ccccc3[N+](=O)[O-])c(C)cc2=O)cc(C(=O)OCC)c1. The fourth-order valence-electron chi connectivity index (χ4n) is 3.30. The molecule has 0 saturated heterocycles. The number of rotatable bonds is 8. The Kier molecular flexibility index (Phi) is 7.89. The molecule has 186 valence electrons. The summed E-state index contributed by atoms with van der Waals surface area (Å²) in [5.41, 5.74) is -1.27. The molecule has 1 amide bonds. The first kappa shape index (κ1) is 25.7. The molecular weight excluding hydrogens is 472 g/mol. The number of nitrogens with zero attached hydrogens (tertiary/aromatic N) is 3. The zero-order valence-corrected chi connectivity index (χ0v) is 19.6. The van der Waals surface area contributed by atoms with Crippen LogP contribution < -0.4 is 10.7 Å². The Balaban J connectivity index is 2.04. The number of amides is 1. The second-order valence-electron chi connectivity index (χ2n) is 7.35. The Morgan fingerprint density at radius 3 is 2.14 bits per heavy atom. The number of para-hydroxylation sites is 2. The van der Waals surface area contributed by atoms with Crippen molar-refractivity contribution in [3.8, 4) is 5.69 Å². The van der Waals surface area contributed by atoms with Gasteiger partial charge in [0.25, 0.3) is 11.6 Å². The van der Waals surface area contributed by atoms with Crippen LogP contribution in [0.5, 0.6) is 0 Å². The van der Waals surface area contributed by atoms with E-state index in [4.69, 9.17) is 9.47 Å². The van der Waals surface area contributed by atoms with Gasteiger partial charge in [-0.3, -0.25) is 19.7 Å². The third-order valence-corrected chi connectivity index (χ3v) is 4.84.